The van der Waals surface area contributed by atoms with Gasteiger partial charge < -0.3 is 4.74 Å². The zero-order chi connectivity index (χ0) is 14.8. The number of carbonyl (C=O) groups excluding carboxylic acids is 1. The molecule has 2 aromatic heterocycles. The summed E-state index contributed by atoms with van der Waals surface area (Å²) in [5.41, 5.74) is 4.60. The lowest BCUT2D eigenvalue weighted by Crippen LogP contribution is -2.30. The molecule has 1 aromatic carbocycles. The fourth-order valence-electron chi connectivity index (χ4n) is 2.06. The van der Waals surface area contributed by atoms with Gasteiger partial charge in [0.2, 0.25) is 0 Å². The minimum Gasteiger partial charge on any atom is -0.497 e. The van der Waals surface area contributed by atoms with Gasteiger partial charge in [-0.25, -0.2) is 15.3 Å². The van der Waals surface area contributed by atoms with Crippen molar-refractivity contribution in [3.05, 3.63) is 48.3 Å². The van der Waals surface area contributed by atoms with Crippen molar-refractivity contribution in [1.82, 2.24) is 20.0 Å². The van der Waals surface area contributed by atoms with Crippen molar-refractivity contribution in [2.24, 2.45) is 5.84 Å². The molecule has 0 aliphatic carbocycles. The maximum absolute atomic E-state index is 11.6. The third-order valence-electron chi connectivity index (χ3n) is 3.11. The van der Waals surface area contributed by atoms with Crippen LogP contribution in [0.15, 0.2) is 42.6 Å². The molecule has 0 radical (unpaired) electrons. The molecule has 1 amide bonds. The van der Waals surface area contributed by atoms with Gasteiger partial charge in [-0.1, -0.05) is 0 Å². The molecule has 0 aliphatic heterocycles. The molecule has 0 spiro atoms. The Balaban J connectivity index is 2.13. The predicted octanol–water partition coefficient (Wildman–Crippen LogP) is 1.01. The topological polar surface area (TPSA) is 94.5 Å². The number of carbonyl (C=O) groups is 1. The first-order valence-corrected chi connectivity index (χ1v) is 6.23. The number of fused-ring (bicyclic) bond motifs is 1. The molecule has 0 saturated heterocycles. The Kier molecular flexibility index (Phi) is 3.25. The summed E-state index contributed by atoms with van der Waals surface area (Å²) >= 11 is 0. The number of methoxy groups -OCH3 is 1. The van der Waals surface area contributed by atoms with Crippen LogP contribution in [0.4, 0.5) is 0 Å². The second-order valence-electron chi connectivity index (χ2n) is 4.33. The van der Waals surface area contributed by atoms with E-state index in [2.05, 4.69) is 15.5 Å². The Labute approximate surface area is 120 Å². The molecule has 0 unspecified atom stereocenters. The number of hydrogen-bond donors (Lipinski definition) is 2. The molecule has 0 fully saturated rings. The number of nitrogen functional groups attached to an aromatic ring is 1. The van der Waals surface area contributed by atoms with E-state index in [4.69, 9.17) is 10.6 Å². The van der Waals surface area contributed by atoms with Gasteiger partial charge in [-0.2, -0.15) is 5.10 Å². The number of aromatic nitrogens is 3. The Morgan fingerprint density at radius 3 is 2.71 bits per heavy atom. The summed E-state index contributed by atoms with van der Waals surface area (Å²) in [6.45, 7) is 0. The van der Waals surface area contributed by atoms with E-state index in [9.17, 15) is 4.79 Å². The fourth-order valence-corrected chi connectivity index (χ4v) is 2.06. The SMILES string of the molecule is COc1ccc(-c2ccnc3cc(C(=O)NN)nn23)cc1. The molecule has 3 rings (SSSR count). The van der Waals surface area contributed by atoms with Gasteiger partial charge in [-0.15, -0.1) is 0 Å². The van der Waals surface area contributed by atoms with E-state index in [0.29, 0.717) is 5.65 Å². The molecule has 7 nitrogen and oxygen atoms in total. The molecular formula is C14H13N5O2. The summed E-state index contributed by atoms with van der Waals surface area (Å²) in [4.78, 5) is 15.8. The van der Waals surface area contributed by atoms with E-state index in [1.54, 1.807) is 23.9 Å². The number of benzene rings is 1. The van der Waals surface area contributed by atoms with E-state index in [-0.39, 0.29) is 5.69 Å². The fraction of sp³-hybridized carbons (Fsp3) is 0.0714. The number of nitrogens with two attached hydrogens (primary N) is 1. The summed E-state index contributed by atoms with van der Waals surface area (Å²) in [5, 5.41) is 4.23. The lowest BCUT2D eigenvalue weighted by Gasteiger charge is -2.05. The van der Waals surface area contributed by atoms with Gasteiger partial charge in [0.25, 0.3) is 5.91 Å². The minimum atomic E-state index is -0.457. The van der Waals surface area contributed by atoms with Crippen molar-refractivity contribution in [3.63, 3.8) is 0 Å². The predicted molar refractivity (Wildman–Crippen MR) is 76.6 cm³/mol. The smallest absolute Gasteiger partial charge is 0.285 e. The zero-order valence-electron chi connectivity index (χ0n) is 11.3. The molecule has 2 heterocycles. The Morgan fingerprint density at radius 1 is 1.29 bits per heavy atom. The van der Waals surface area contributed by atoms with Crippen LogP contribution in [0.2, 0.25) is 0 Å². The van der Waals surface area contributed by atoms with Crippen molar-refractivity contribution >= 4 is 11.6 Å². The molecule has 0 saturated carbocycles. The zero-order valence-corrected chi connectivity index (χ0v) is 11.3. The van der Waals surface area contributed by atoms with Crippen LogP contribution < -0.4 is 16.0 Å². The minimum absolute atomic E-state index is 0.214. The van der Waals surface area contributed by atoms with Gasteiger partial charge in [0, 0.05) is 17.8 Å². The molecule has 21 heavy (non-hydrogen) atoms. The van der Waals surface area contributed by atoms with E-state index >= 15 is 0 Å². The first-order chi connectivity index (χ1) is 10.2. The number of nitrogens with one attached hydrogen (secondary N) is 1. The van der Waals surface area contributed by atoms with Crippen LogP contribution >= 0.6 is 0 Å². The van der Waals surface area contributed by atoms with Crippen LogP contribution in [0.3, 0.4) is 0 Å². The van der Waals surface area contributed by atoms with Crippen molar-refractivity contribution in [3.8, 4) is 17.0 Å². The average Bonchev–Trinajstić information content (AvgIpc) is 2.98. The molecule has 7 heteroatoms. The Hall–Kier alpha value is -2.93. The molecule has 0 atom stereocenters. The van der Waals surface area contributed by atoms with Gasteiger partial charge >= 0.3 is 0 Å². The van der Waals surface area contributed by atoms with E-state index < -0.39 is 5.91 Å². The standard InChI is InChI=1S/C14H13N5O2/c1-21-10-4-2-9(3-5-10)12-6-7-16-13-8-11(14(20)17-15)18-19(12)13/h2-8H,15H2,1H3,(H,17,20). The highest BCUT2D eigenvalue weighted by Gasteiger charge is 2.12. The first-order valence-electron chi connectivity index (χ1n) is 6.23. The molecule has 0 aliphatic rings. The monoisotopic (exact) mass is 283 g/mol. The third kappa shape index (κ3) is 2.30. The van der Waals surface area contributed by atoms with Crippen LogP contribution in [-0.4, -0.2) is 27.6 Å². The van der Waals surface area contributed by atoms with Crippen LogP contribution in [-0.2, 0) is 0 Å². The molecular weight excluding hydrogens is 270 g/mol. The van der Waals surface area contributed by atoms with Crippen molar-refractivity contribution in [2.75, 3.05) is 7.11 Å². The molecule has 106 valence electrons. The second kappa shape index (κ2) is 5.22. The van der Waals surface area contributed by atoms with Crippen molar-refractivity contribution < 1.29 is 9.53 Å². The second-order valence-corrected chi connectivity index (χ2v) is 4.33. The van der Waals surface area contributed by atoms with Crippen LogP contribution in [0.1, 0.15) is 10.5 Å². The van der Waals surface area contributed by atoms with Crippen molar-refractivity contribution in [2.45, 2.75) is 0 Å². The number of nitrogens with zero attached hydrogens (tertiary/aromatic N) is 3. The Morgan fingerprint density at radius 2 is 2.05 bits per heavy atom. The maximum Gasteiger partial charge on any atom is 0.285 e. The normalized spacial score (nSPS) is 10.6. The van der Waals surface area contributed by atoms with Gasteiger partial charge in [0.1, 0.15) is 5.75 Å². The number of amides is 1. The summed E-state index contributed by atoms with van der Waals surface area (Å²) in [6, 6.07) is 11.0. The largest absolute Gasteiger partial charge is 0.497 e. The quantitative estimate of drug-likeness (QED) is 0.425. The summed E-state index contributed by atoms with van der Waals surface area (Å²) in [6.07, 6.45) is 1.67. The summed E-state index contributed by atoms with van der Waals surface area (Å²) < 4.78 is 6.74. The first kappa shape index (κ1) is 13.1. The van der Waals surface area contributed by atoms with E-state index in [1.165, 1.54) is 0 Å². The lowest BCUT2D eigenvalue weighted by molar-refractivity contribution is 0.0948. The van der Waals surface area contributed by atoms with Crippen LogP contribution in [0.25, 0.3) is 16.9 Å². The number of ether oxygens (including phenoxy) is 1. The Bertz CT molecular complexity index is 795. The number of hydrazine groups is 1. The van der Waals surface area contributed by atoms with Crippen molar-refractivity contribution in [1.29, 1.82) is 0 Å². The van der Waals surface area contributed by atoms with Crippen LogP contribution in [0.5, 0.6) is 5.75 Å². The number of hydrogen-bond acceptors (Lipinski definition) is 5. The van der Waals surface area contributed by atoms with E-state index in [1.807, 2.05) is 30.3 Å². The van der Waals surface area contributed by atoms with Gasteiger partial charge in [0.15, 0.2) is 11.3 Å². The summed E-state index contributed by atoms with van der Waals surface area (Å²) in [5.74, 6) is 5.44. The van der Waals surface area contributed by atoms with E-state index in [0.717, 1.165) is 17.0 Å². The van der Waals surface area contributed by atoms with Gasteiger partial charge in [-0.05, 0) is 30.3 Å². The number of rotatable bonds is 3. The highest BCUT2D eigenvalue weighted by molar-refractivity contribution is 5.93. The maximum atomic E-state index is 11.6. The highest BCUT2D eigenvalue weighted by Crippen LogP contribution is 2.22. The molecule has 3 aromatic rings. The molecule has 0 bridgehead atoms. The lowest BCUT2D eigenvalue weighted by atomic mass is 10.1. The molecule has 3 N–H and O–H groups in total. The third-order valence-corrected chi connectivity index (χ3v) is 3.11. The van der Waals surface area contributed by atoms with Gasteiger partial charge in [0.05, 0.1) is 12.8 Å². The van der Waals surface area contributed by atoms with Crippen LogP contribution in [0, 0.1) is 0 Å². The highest BCUT2D eigenvalue weighted by atomic mass is 16.5. The van der Waals surface area contributed by atoms with Gasteiger partial charge in [-0.3, -0.25) is 10.2 Å². The average molecular weight is 283 g/mol. The summed E-state index contributed by atoms with van der Waals surface area (Å²) in [7, 11) is 1.62.